The van der Waals surface area contributed by atoms with Gasteiger partial charge >= 0.3 is 0 Å². The molecule has 2 aromatic rings. The maximum atomic E-state index is 12.6. The lowest BCUT2D eigenvalue weighted by Gasteiger charge is -2.24. The average Bonchev–Trinajstić information content (AvgIpc) is 3.20. The molecule has 0 aliphatic carbocycles. The molecular weight excluding hydrogens is 322 g/mol. The van der Waals surface area contributed by atoms with Gasteiger partial charge in [0, 0.05) is 12.8 Å². The minimum atomic E-state index is 0.127. The van der Waals surface area contributed by atoms with Crippen LogP contribution in [0.3, 0.4) is 0 Å². The topological polar surface area (TPSA) is 37.1 Å². The number of quaternary nitrogens is 1. The number of hydrogen-bond acceptors (Lipinski definition) is 2. The van der Waals surface area contributed by atoms with Gasteiger partial charge in [-0.2, -0.15) is 5.10 Å². The van der Waals surface area contributed by atoms with Gasteiger partial charge in [0.1, 0.15) is 0 Å². The van der Waals surface area contributed by atoms with Crippen LogP contribution in [0.25, 0.3) is 5.57 Å². The molecule has 1 atom stereocenters. The van der Waals surface area contributed by atoms with E-state index < -0.39 is 0 Å². The van der Waals surface area contributed by atoms with E-state index >= 15 is 0 Å². The fourth-order valence-corrected chi connectivity index (χ4v) is 3.63. The largest absolute Gasteiger partial charge is 0.324 e. The normalized spacial score (nSPS) is 19.8. The van der Waals surface area contributed by atoms with Crippen molar-refractivity contribution < 1.29 is 9.69 Å². The van der Waals surface area contributed by atoms with Gasteiger partial charge in [0.15, 0.2) is 6.54 Å². The van der Waals surface area contributed by atoms with Crippen molar-refractivity contribution in [3.63, 3.8) is 0 Å². The molecule has 1 amide bonds. The summed E-state index contributed by atoms with van der Waals surface area (Å²) in [5.41, 5.74) is 4.82. The molecule has 2 heterocycles. The number of amides is 1. The standard InChI is InChI=1S/C22H23N3O/c26-22(25-16-13-21(23-25)20-9-5-2-6-10-20)17-24-14-11-19(12-15-24)18-7-3-1-4-8-18/h1-11H,12-17H2/p+1. The van der Waals surface area contributed by atoms with Crippen LogP contribution in [0, 0.1) is 0 Å². The number of hydrogen-bond donors (Lipinski definition) is 1. The van der Waals surface area contributed by atoms with Crippen LogP contribution in [0.4, 0.5) is 0 Å². The van der Waals surface area contributed by atoms with Crippen molar-refractivity contribution in [3.8, 4) is 0 Å². The van der Waals surface area contributed by atoms with Crippen LogP contribution in [-0.4, -0.2) is 42.8 Å². The number of hydrazone groups is 1. The molecule has 2 aliphatic heterocycles. The lowest BCUT2D eigenvalue weighted by molar-refractivity contribution is -0.887. The number of benzene rings is 2. The maximum absolute atomic E-state index is 12.6. The zero-order valence-electron chi connectivity index (χ0n) is 14.9. The van der Waals surface area contributed by atoms with Crippen LogP contribution in [-0.2, 0) is 4.79 Å². The molecule has 0 saturated heterocycles. The quantitative estimate of drug-likeness (QED) is 0.903. The molecule has 132 valence electrons. The molecular formula is C22H24N3O+. The molecule has 2 aromatic carbocycles. The molecule has 4 heteroatoms. The number of carbonyl (C=O) groups excluding carboxylic acids is 1. The van der Waals surface area contributed by atoms with Crippen molar-refractivity contribution in [3.05, 3.63) is 77.9 Å². The van der Waals surface area contributed by atoms with Crippen LogP contribution in [0.5, 0.6) is 0 Å². The van der Waals surface area contributed by atoms with Gasteiger partial charge in [0.05, 0.1) is 25.3 Å². The molecule has 0 fully saturated rings. The summed E-state index contributed by atoms with van der Waals surface area (Å²) in [7, 11) is 0. The summed E-state index contributed by atoms with van der Waals surface area (Å²) in [6.45, 7) is 3.11. The van der Waals surface area contributed by atoms with Gasteiger partial charge in [-0.15, -0.1) is 0 Å². The summed E-state index contributed by atoms with van der Waals surface area (Å²) in [5, 5.41) is 6.22. The summed E-state index contributed by atoms with van der Waals surface area (Å²) in [6.07, 6.45) is 4.14. The molecule has 1 N–H and O–H groups in total. The third kappa shape index (κ3) is 3.75. The highest BCUT2D eigenvalue weighted by atomic mass is 16.2. The van der Waals surface area contributed by atoms with Crippen LogP contribution in [0.1, 0.15) is 24.0 Å². The Morgan fingerprint density at radius 3 is 2.31 bits per heavy atom. The van der Waals surface area contributed by atoms with Crippen LogP contribution >= 0.6 is 0 Å². The van der Waals surface area contributed by atoms with Crippen molar-refractivity contribution in [1.29, 1.82) is 0 Å². The van der Waals surface area contributed by atoms with Gasteiger partial charge in [-0.1, -0.05) is 60.7 Å². The Balaban J connectivity index is 1.35. The van der Waals surface area contributed by atoms with Crippen LogP contribution < -0.4 is 4.90 Å². The maximum Gasteiger partial charge on any atom is 0.297 e. The predicted octanol–water partition coefficient (Wildman–Crippen LogP) is 2.00. The second-order valence-electron chi connectivity index (χ2n) is 6.91. The SMILES string of the molecule is O=C(C[NH+]1CC=C(c2ccccc2)CC1)N1CCC(c2ccccc2)=N1. The highest BCUT2D eigenvalue weighted by molar-refractivity contribution is 6.02. The summed E-state index contributed by atoms with van der Waals surface area (Å²) in [5.74, 6) is 0.127. The molecule has 4 rings (SSSR count). The Kier molecular flexibility index (Phi) is 4.93. The number of rotatable bonds is 4. The smallest absolute Gasteiger partial charge is 0.297 e. The van der Waals surface area contributed by atoms with E-state index in [9.17, 15) is 4.79 Å². The van der Waals surface area contributed by atoms with E-state index in [0.29, 0.717) is 13.1 Å². The highest BCUT2D eigenvalue weighted by Gasteiger charge is 2.26. The minimum Gasteiger partial charge on any atom is -0.324 e. The Morgan fingerprint density at radius 1 is 0.962 bits per heavy atom. The van der Waals surface area contributed by atoms with E-state index in [1.54, 1.807) is 5.01 Å². The molecule has 1 unspecified atom stereocenters. The fourth-order valence-electron chi connectivity index (χ4n) is 3.63. The van der Waals surface area contributed by atoms with E-state index in [0.717, 1.165) is 37.2 Å². The Hall–Kier alpha value is -2.72. The summed E-state index contributed by atoms with van der Waals surface area (Å²) >= 11 is 0. The van der Waals surface area contributed by atoms with Crippen molar-refractivity contribution in [2.45, 2.75) is 12.8 Å². The second-order valence-corrected chi connectivity index (χ2v) is 6.91. The van der Waals surface area contributed by atoms with E-state index in [1.165, 1.54) is 16.0 Å². The fraction of sp³-hybridized carbons (Fsp3) is 0.273. The molecule has 0 aromatic heterocycles. The van der Waals surface area contributed by atoms with E-state index in [1.807, 2.05) is 24.3 Å². The Labute approximate surface area is 154 Å². The predicted molar refractivity (Wildman–Crippen MR) is 104 cm³/mol. The van der Waals surface area contributed by atoms with Gasteiger partial charge in [-0.25, -0.2) is 5.01 Å². The van der Waals surface area contributed by atoms with Crippen LogP contribution in [0.2, 0.25) is 0 Å². The Bertz CT molecular complexity index is 827. The lowest BCUT2D eigenvalue weighted by Crippen LogP contribution is -3.13. The van der Waals surface area contributed by atoms with Gasteiger partial charge in [-0.3, -0.25) is 4.79 Å². The van der Waals surface area contributed by atoms with Gasteiger partial charge < -0.3 is 4.90 Å². The van der Waals surface area contributed by atoms with Crippen molar-refractivity contribution in [1.82, 2.24) is 5.01 Å². The zero-order chi connectivity index (χ0) is 17.8. The van der Waals surface area contributed by atoms with Crippen molar-refractivity contribution in [2.75, 3.05) is 26.2 Å². The Morgan fingerprint density at radius 2 is 1.65 bits per heavy atom. The molecule has 0 saturated carbocycles. The third-order valence-corrected chi connectivity index (χ3v) is 5.13. The molecule has 2 aliphatic rings. The molecule has 0 spiro atoms. The highest BCUT2D eigenvalue weighted by Crippen LogP contribution is 2.18. The first-order valence-electron chi connectivity index (χ1n) is 9.31. The lowest BCUT2D eigenvalue weighted by atomic mass is 10.00. The number of nitrogens with one attached hydrogen (secondary N) is 1. The minimum absolute atomic E-state index is 0.127. The summed E-state index contributed by atoms with van der Waals surface area (Å²) in [4.78, 5) is 13.9. The van der Waals surface area contributed by atoms with Gasteiger partial charge in [0.2, 0.25) is 0 Å². The van der Waals surface area contributed by atoms with Crippen molar-refractivity contribution >= 4 is 17.2 Å². The van der Waals surface area contributed by atoms with E-state index in [-0.39, 0.29) is 5.91 Å². The van der Waals surface area contributed by atoms with Crippen LogP contribution in [0.15, 0.2) is 71.8 Å². The molecule has 0 radical (unpaired) electrons. The number of nitrogens with zero attached hydrogens (tertiary/aromatic N) is 2. The molecule has 0 bridgehead atoms. The first-order valence-corrected chi connectivity index (χ1v) is 9.31. The van der Waals surface area contributed by atoms with Crippen molar-refractivity contribution in [2.24, 2.45) is 5.10 Å². The summed E-state index contributed by atoms with van der Waals surface area (Å²) in [6, 6.07) is 20.6. The average molecular weight is 346 g/mol. The first kappa shape index (κ1) is 16.7. The molecule has 4 nitrogen and oxygen atoms in total. The number of carbonyl (C=O) groups is 1. The van der Waals surface area contributed by atoms with Gasteiger partial charge in [0.25, 0.3) is 5.91 Å². The second kappa shape index (κ2) is 7.67. The van der Waals surface area contributed by atoms with E-state index in [4.69, 9.17) is 0 Å². The van der Waals surface area contributed by atoms with E-state index in [2.05, 4.69) is 47.6 Å². The third-order valence-electron chi connectivity index (χ3n) is 5.13. The summed E-state index contributed by atoms with van der Waals surface area (Å²) < 4.78 is 0. The zero-order valence-corrected chi connectivity index (χ0v) is 14.9. The first-order chi connectivity index (χ1) is 12.8. The monoisotopic (exact) mass is 346 g/mol. The molecule has 26 heavy (non-hydrogen) atoms. The van der Waals surface area contributed by atoms with Gasteiger partial charge in [-0.05, 0) is 22.8 Å².